The van der Waals surface area contributed by atoms with Gasteiger partial charge in [-0.25, -0.2) is 9.97 Å². The minimum absolute atomic E-state index is 0.505. The first-order valence-corrected chi connectivity index (χ1v) is 6.75. The van der Waals surface area contributed by atoms with E-state index in [-0.39, 0.29) is 0 Å². The van der Waals surface area contributed by atoms with Crippen molar-refractivity contribution in [1.82, 2.24) is 14.5 Å². The van der Waals surface area contributed by atoms with Gasteiger partial charge >= 0.3 is 0 Å². The highest BCUT2D eigenvalue weighted by Gasteiger charge is 2.07. The van der Waals surface area contributed by atoms with Gasteiger partial charge in [0.05, 0.1) is 24.8 Å². The second-order valence-electron chi connectivity index (χ2n) is 4.55. The summed E-state index contributed by atoms with van der Waals surface area (Å²) >= 11 is 0. The molecule has 0 atom stereocenters. The fourth-order valence-electron chi connectivity index (χ4n) is 2.14. The van der Waals surface area contributed by atoms with Crippen molar-refractivity contribution in [2.45, 2.75) is 6.92 Å². The van der Waals surface area contributed by atoms with Gasteiger partial charge in [-0.15, -0.1) is 0 Å². The number of pyridine rings is 1. The van der Waals surface area contributed by atoms with Gasteiger partial charge < -0.3 is 10.5 Å². The van der Waals surface area contributed by atoms with Gasteiger partial charge in [0.25, 0.3) is 0 Å². The highest BCUT2D eigenvalue weighted by molar-refractivity contribution is 5.62. The normalized spacial score (nSPS) is 10.5. The van der Waals surface area contributed by atoms with E-state index in [1.165, 1.54) is 0 Å². The van der Waals surface area contributed by atoms with E-state index < -0.39 is 0 Å². The Morgan fingerprint density at radius 1 is 1.10 bits per heavy atom. The zero-order valence-electron chi connectivity index (χ0n) is 11.7. The highest BCUT2D eigenvalue weighted by atomic mass is 16.5. The maximum absolute atomic E-state index is 5.63. The Morgan fingerprint density at radius 2 is 1.90 bits per heavy atom. The van der Waals surface area contributed by atoms with Crippen molar-refractivity contribution in [3.05, 3.63) is 55.1 Å². The lowest BCUT2D eigenvalue weighted by Crippen LogP contribution is -1.97. The van der Waals surface area contributed by atoms with Crippen LogP contribution in [0.25, 0.3) is 16.9 Å². The van der Waals surface area contributed by atoms with Gasteiger partial charge in [0.1, 0.15) is 11.6 Å². The van der Waals surface area contributed by atoms with Gasteiger partial charge in [-0.05, 0) is 43.3 Å². The Labute approximate surface area is 123 Å². The van der Waals surface area contributed by atoms with Gasteiger partial charge in [-0.2, -0.15) is 0 Å². The van der Waals surface area contributed by atoms with E-state index in [9.17, 15) is 0 Å². The van der Waals surface area contributed by atoms with Crippen LogP contribution >= 0.6 is 0 Å². The fourth-order valence-corrected chi connectivity index (χ4v) is 2.14. The minimum Gasteiger partial charge on any atom is -0.494 e. The molecule has 0 aliphatic heterocycles. The maximum Gasteiger partial charge on any atom is 0.123 e. The standard InChI is InChI=1S/C16H16N4O/c1-2-21-14-6-4-13(5-7-14)20-11-18-10-15(20)12-3-8-16(17)19-9-12/h3-11H,2H2,1H3,(H2,17,19). The zero-order valence-corrected chi connectivity index (χ0v) is 11.7. The summed E-state index contributed by atoms with van der Waals surface area (Å²) in [6, 6.07) is 11.6. The first-order valence-electron chi connectivity index (χ1n) is 6.75. The number of aromatic nitrogens is 3. The molecule has 2 aromatic heterocycles. The van der Waals surface area contributed by atoms with E-state index in [0.717, 1.165) is 22.7 Å². The van der Waals surface area contributed by atoms with E-state index >= 15 is 0 Å². The van der Waals surface area contributed by atoms with Crippen molar-refractivity contribution >= 4 is 5.82 Å². The van der Waals surface area contributed by atoms with Crippen molar-refractivity contribution in [3.8, 4) is 22.7 Å². The van der Waals surface area contributed by atoms with Gasteiger partial charge in [0.15, 0.2) is 0 Å². The van der Waals surface area contributed by atoms with Crippen LogP contribution in [0.5, 0.6) is 5.75 Å². The van der Waals surface area contributed by atoms with Crippen LogP contribution in [0, 0.1) is 0 Å². The summed E-state index contributed by atoms with van der Waals surface area (Å²) in [5.41, 5.74) is 8.58. The number of nitrogens with two attached hydrogens (primary N) is 1. The van der Waals surface area contributed by atoms with Crippen molar-refractivity contribution in [2.75, 3.05) is 12.3 Å². The van der Waals surface area contributed by atoms with Crippen LogP contribution in [-0.4, -0.2) is 21.1 Å². The molecule has 0 amide bonds. The molecule has 0 aliphatic carbocycles. The van der Waals surface area contributed by atoms with Crippen molar-refractivity contribution in [1.29, 1.82) is 0 Å². The zero-order chi connectivity index (χ0) is 14.7. The van der Waals surface area contributed by atoms with Crippen molar-refractivity contribution in [2.24, 2.45) is 0 Å². The van der Waals surface area contributed by atoms with Crippen LogP contribution in [0.3, 0.4) is 0 Å². The molecule has 0 radical (unpaired) electrons. The van der Waals surface area contributed by atoms with E-state index in [1.807, 2.05) is 48.0 Å². The molecule has 1 aromatic carbocycles. The first-order chi connectivity index (χ1) is 10.3. The molecule has 3 aromatic rings. The summed E-state index contributed by atoms with van der Waals surface area (Å²) < 4.78 is 7.46. The molecule has 106 valence electrons. The van der Waals surface area contributed by atoms with Gasteiger partial charge in [-0.3, -0.25) is 4.57 Å². The van der Waals surface area contributed by atoms with E-state index in [4.69, 9.17) is 10.5 Å². The van der Waals surface area contributed by atoms with Gasteiger partial charge in [0, 0.05) is 17.4 Å². The third-order valence-corrected chi connectivity index (χ3v) is 3.15. The summed E-state index contributed by atoms with van der Waals surface area (Å²) in [7, 11) is 0. The molecule has 0 spiro atoms. The molecule has 2 N–H and O–H groups in total. The molecule has 0 saturated heterocycles. The lowest BCUT2D eigenvalue weighted by Gasteiger charge is -2.09. The van der Waals surface area contributed by atoms with Crippen LogP contribution in [-0.2, 0) is 0 Å². The number of anilines is 1. The molecular formula is C16H16N4O. The number of hydrogen-bond donors (Lipinski definition) is 1. The fraction of sp³-hybridized carbons (Fsp3) is 0.125. The number of rotatable bonds is 4. The summed E-state index contributed by atoms with van der Waals surface area (Å²) in [6.45, 7) is 2.63. The smallest absolute Gasteiger partial charge is 0.123 e. The molecule has 0 aliphatic rings. The summed E-state index contributed by atoms with van der Waals surface area (Å²) in [4.78, 5) is 8.35. The Balaban J connectivity index is 1.96. The summed E-state index contributed by atoms with van der Waals surface area (Å²) in [6.07, 6.45) is 5.34. The Morgan fingerprint density at radius 3 is 2.57 bits per heavy atom. The van der Waals surface area contributed by atoms with Crippen molar-refractivity contribution in [3.63, 3.8) is 0 Å². The lowest BCUT2D eigenvalue weighted by molar-refractivity contribution is 0.340. The third kappa shape index (κ3) is 2.72. The van der Waals surface area contributed by atoms with E-state index in [0.29, 0.717) is 12.4 Å². The van der Waals surface area contributed by atoms with Gasteiger partial charge in [0.2, 0.25) is 0 Å². The lowest BCUT2D eigenvalue weighted by atomic mass is 10.2. The number of imidazole rings is 1. The minimum atomic E-state index is 0.505. The topological polar surface area (TPSA) is 66.0 Å². The molecule has 0 unspecified atom stereocenters. The Bertz CT molecular complexity index is 717. The van der Waals surface area contributed by atoms with E-state index in [2.05, 4.69) is 9.97 Å². The Kier molecular flexibility index (Phi) is 3.55. The molecule has 3 rings (SSSR count). The number of nitrogens with zero attached hydrogens (tertiary/aromatic N) is 3. The average molecular weight is 280 g/mol. The number of hydrogen-bond acceptors (Lipinski definition) is 4. The van der Waals surface area contributed by atoms with Crippen molar-refractivity contribution < 1.29 is 4.74 Å². The van der Waals surface area contributed by atoms with Crippen LogP contribution in [0.4, 0.5) is 5.82 Å². The third-order valence-electron chi connectivity index (χ3n) is 3.15. The molecule has 0 bridgehead atoms. The predicted molar refractivity (Wildman–Crippen MR) is 82.4 cm³/mol. The number of benzene rings is 1. The molecule has 0 fully saturated rings. The largest absolute Gasteiger partial charge is 0.494 e. The quantitative estimate of drug-likeness (QED) is 0.798. The predicted octanol–water partition coefficient (Wildman–Crippen LogP) is 2.92. The van der Waals surface area contributed by atoms with Crippen LogP contribution in [0.15, 0.2) is 55.1 Å². The number of nitrogen functional groups attached to an aromatic ring is 1. The highest BCUT2D eigenvalue weighted by Crippen LogP contribution is 2.23. The monoisotopic (exact) mass is 280 g/mol. The van der Waals surface area contributed by atoms with Crippen LogP contribution in [0.1, 0.15) is 6.92 Å². The average Bonchev–Trinajstić information content (AvgIpc) is 2.99. The summed E-state index contributed by atoms with van der Waals surface area (Å²) in [5.74, 6) is 1.36. The van der Waals surface area contributed by atoms with E-state index in [1.54, 1.807) is 18.6 Å². The second-order valence-corrected chi connectivity index (χ2v) is 4.55. The number of ether oxygens (including phenoxy) is 1. The van der Waals surface area contributed by atoms with Crippen LogP contribution < -0.4 is 10.5 Å². The van der Waals surface area contributed by atoms with Gasteiger partial charge in [-0.1, -0.05) is 0 Å². The SMILES string of the molecule is CCOc1ccc(-n2cncc2-c2ccc(N)nc2)cc1. The summed E-state index contributed by atoms with van der Waals surface area (Å²) in [5, 5.41) is 0. The molecule has 2 heterocycles. The Hall–Kier alpha value is -2.82. The first kappa shape index (κ1) is 13.2. The second kappa shape index (κ2) is 5.66. The molecule has 0 saturated carbocycles. The molecule has 5 nitrogen and oxygen atoms in total. The molecule has 5 heteroatoms. The molecule has 21 heavy (non-hydrogen) atoms. The molecular weight excluding hydrogens is 264 g/mol. The van der Waals surface area contributed by atoms with Crippen LogP contribution in [0.2, 0.25) is 0 Å². The maximum atomic E-state index is 5.63.